The number of fused-ring (bicyclic) bond motifs is 1. The van der Waals surface area contributed by atoms with Crippen LogP contribution in [0, 0.1) is 11.3 Å². The van der Waals surface area contributed by atoms with E-state index < -0.39 is 17.5 Å². The van der Waals surface area contributed by atoms with E-state index in [0.717, 1.165) is 48.7 Å². The predicted octanol–water partition coefficient (Wildman–Crippen LogP) is 4.69. The van der Waals surface area contributed by atoms with Crippen LogP contribution in [0.4, 0.5) is 0 Å². The van der Waals surface area contributed by atoms with Crippen molar-refractivity contribution in [3.8, 4) is 0 Å². The normalized spacial score (nSPS) is 22.0. The summed E-state index contributed by atoms with van der Waals surface area (Å²) in [7, 11) is 3.34. The summed E-state index contributed by atoms with van der Waals surface area (Å²) in [5, 5.41) is 13.9. The van der Waals surface area contributed by atoms with Gasteiger partial charge in [-0.1, -0.05) is 49.2 Å². The Morgan fingerprint density at radius 3 is 2.50 bits per heavy atom. The molecule has 4 atom stereocenters. The Balaban J connectivity index is 1.27. The molecule has 1 unspecified atom stereocenters. The van der Waals surface area contributed by atoms with Gasteiger partial charge in [-0.05, 0) is 78.8 Å². The molecule has 3 amide bonds. The van der Waals surface area contributed by atoms with Crippen molar-refractivity contribution in [3.05, 3.63) is 82.4 Å². The summed E-state index contributed by atoms with van der Waals surface area (Å²) in [4.78, 5) is 49.2. The third-order valence-electron chi connectivity index (χ3n) is 10.9. The van der Waals surface area contributed by atoms with Gasteiger partial charge in [-0.25, -0.2) is 4.98 Å². The van der Waals surface area contributed by atoms with Crippen molar-refractivity contribution in [2.24, 2.45) is 18.4 Å². The number of rotatable bonds is 11. The standard InChI is InChI=1S/C36H42ClN7O4/c1-35(14-15-35)28(23-9-4-5-10-24(23)37)30(42-32(45)27-13-17-39-44(27)3)31-40-25-12-11-22(19-26(25)41-31)36(16-18-48-20-36)34(47)43-29(33(46)38-2)21-7-6-8-21/h4-5,9-13,17,19,21,28-30H,6-8,14-16,18,20H2,1-3H3,(H,38,46)(H,40,41)(H,42,45)(H,43,47)/t28-,29+,30-,36?/m0/s1. The van der Waals surface area contributed by atoms with Crippen LogP contribution in [0.5, 0.6) is 0 Å². The molecule has 0 bridgehead atoms. The maximum Gasteiger partial charge on any atom is 0.270 e. The molecule has 1 saturated heterocycles. The second-order valence-electron chi connectivity index (χ2n) is 13.9. The Morgan fingerprint density at radius 2 is 1.88 bits per heavy atom. The van der Waals surface area contributed by atoms with Gasteiger partial charge in [0.15, 0.2) is 0 Å². The van der Waals surface area contributed by atoms with Crippen LogP contribution >= 0.6 is 11.6 Å². The van der Waals surface area contributed by atoms with Gasteiger partial charge >= 0.3 is 0 Å². The predicted molar refractivity (Wildman–Crippen MR) is 181 cm³/mol. The van der Waals surface area contributed by atoms with Crippen LogP contribution in [0.1, 0.15) is 84.8 Å². The lowest BCUT2D eigenvalue weighted by molar-refractivity contribution is -0.134. The van der Waals surface area contributed by atoms with E-state index in [1.807, 2.05) is 42.5 Å². The number of aryl methyl sites for hydroxylation is 1. The fourth-order valence-corrected chi connectivity index (χ4v) is 7.75. The number of nitrogens with zero attached hydrogens (tertiary/aromatic N) is 3. The minimum Gasteiger partial charge on any atom is -0.380 e. The highest BCUT2D eigenvalue weighted by Crippen LogP contribution is 2.60. The zero-order chi connectivity index (χ0) is 33.6. The van der Waals surface area contributed by atoms with Crippen LogP contribution in [0.3, 0.4) is 0 Å². The van der Waals surface area contributed by atoms with Crippen molar-refractivity contribution in [1.82, 2.24) is 35.7 Å². The zero-order valence-corrected chi connectivity index (χ0v) is 28.3. The molecule has 0 spiro atoms. The number of hydrogen-bond donors (Lipinski definition) is 4. The minimum absolute atomic E-state index is 0.107. The average molecular weight is 672 g/mol. The van der Waals surface area contributed by atoms with E-state index in [-0.39, 0.29) is 41.6 Å². The SMILES string of the molecule is CNC(=O)[C@H](NC(=O)C1(c2ccc3nc([C@@H](NC(=O)c4ccnn4C)[C@H](c4ccccc4Cl)C4(C)CC4)[nH]c3c2)CCOC1)C1CCC1. The second kappa shape index (κ2) is 12.7. The van der Waals surface area contributed by atoms with E-state index in [0.29, 0.717) is 35.1 Å². The lowest BCUT2D eigenvalue weighted by Gasteiger charge is -2.36. The van der Waals surface area contributed by atoms with E-state index in [9.17, 15) is 14.4 Å². The zero-order valence-electron chi connectivity index (χ0n) is 27.5. The number of amides is 3. The number of carbonyl (C=O) groups is 3. The molecule has 2 aliphatic carbocycles. The minimum atomic E-state index is -0.954. The van der Waals surface area contributed by atoms with Crippen LogP contribution in [-0.4, -0.2) is 63.8 Å². The van der Waals surface area contributed by atoms with Crippen molar-refractivity contribution >= 4 is 40.4 Å². The van der Waals surface area contributed by atoms with E-state index in [2.05, 4.69) is 33.0 Å². The molecule has 11 nitrogen and oxygen atoms in total. The molecule has 2 saturated carbocycles. The van der Waals surface area contributed by atoms with Gasteiger partial charge in [-0.15, -0.1) is 0 Å². The number of hydrogen-bond acceptors (Lipinski definition) is 6. The number of carbonyl (C=O) groups excluding carboxylic acids is 3. The molecule has 7 rings (SSSR count). The topological polar surface area (TPSA) is 143 Å². The number of aromatic nitrogens is 4. The van der Waals surface area contributed by atoms with Crippen molar-refractivity contribution in [2.45, 2.75) is 68.9 Å². The Bertz CT molecular complexity index is 1850. The number of likely N-dealkylation sites (N-methyl/N-ethyl adjacent to an activating group) is 1. The van der Waals surface area contributed by atoms with Gasteiger partial charge < -0.3 is 25.7 Å². The first-order valence-electron chi connectivity index (χ1n) is 16.8. The molecular formula is C36H42ClN7O4. The van der Waals surface area contributed by atoms with E-state index in [1.165, 1.54) is 0 Å². The highest BCUT2D eigenvalue weighted by atomic mass is 35.5. The first-order chi connectivity index (χ1) is 23.1. The quantitative estimate of drug-likeness (QED) is 0.182. The lowest BCUT2D eigenvalue weighted by Crippen LogP contribution is -2.56. The molecule has 4 aromatic rings. The fraction of sp³-hybridized carbons (Fsp3) is 0.472. The van der Waals surface area contributed by atoms with Gasteiger partial charge in [0, 0.05) is 37.8 Å². The largest absolute Gasteiger partial charge is 0.380 e. The Kier molecular flexibility index (Phi) is 8.53. The Labute approximate surface area is 284 Å². The van der Waals surface area contributed by atoms with Crippen molar-refractivity contribution in [1.29, 1.82) is 0 Å². The van der Waals surface area contributed by atoms with Crippen LogP contribution in [0.2, 0.25) is 5.02 Å². The fourth-order valence-electron chi connectivity index (χ4n) is 7.50. The van der Waals surface area contributed by atoms with E-state index in [1.54, 1.807) is 31.0 Å². The lowest BCUT2D eigenvalue weighted by atomic mass is 9.76. The summed E-state index contributed by atoms with van der Waals surface area (Å²) in [5.74, 6) is -0.0886. The van der Waals surface area contributed by atoms with Gasteiger partial charge in [-0.2, -0.15) is 5.10 Å². The number of ether oxygens (including phenoxy) is 1. The summed E-state index contributed by atoms with van der Waals surface area (Å²) >= 11 is 6.83. The van der Waals surface area contributed by atoms with E-state index in [4.69, 9.17) is 21.3 Å². The van der Waals surface area contributed by atoms with Crippen molar-refractivity contribution in [3.63, 3.8) is 0 Å². The molecule has 12 heteroatoms. The van der Waals surface area contributed by atoms with Gasteiger partial charge in [0.2, 0.25) is 11.8 Å². The molecule has 3 aliphatic rings. The molecule has 4 N–H and O–H groups in total. The third-order valence-corrected chi connectivity index (χ3v) is 11.3. The molecule has 1 aliphatic heterocycles. The number of aromatic amines is 1. The summed E-state index contributed by atoms with van der Waals surface area (Å²) in [5.41, 5.74) is 2.56. The van der Waals surface area contributed by atoms with Crippen LogP contribution in [-0.2, 0) is 26.8 Å². The molecule has 0 radical (unpaired) electrons. The molecular weight excluding hydrogens is 630 g/mol. The molecule has 2 aromatic heterocycles. The number of nitrogens with one attached hydrogen (secondary N) is 4. The van der Waals surface area contributed by atoms with Crippen LogP contribution in [0.25, 0.3) is 11.0 Å². The maximum absolute atomic E-state index is 14.1. The first-order valence-corrected chi connectivity index (χ1v) is 17.1. The number of halogens is 1. The number of H-pyrrole nitrogens is 1. The van der Waals surface area contributed by atoms with E-state index >= 15 is 0 Å². The molecule has 2 aromatic carbocycles. The van der Waals surface area contributed by atoms with Crippen LogP contribution in [0.15, 0.2) is 54.7 Å². The Hall–Kier alpha value is -4.22. The maximum atomic E-state index is 14.1. The molecule has 3 heterocycles. The average Bonchev–Trinajstić information content (AvgIpc) is 3.44. The highest BCUT2D eigenvalue weighted by molar-refractivity contribution is 6.31. The van der Waals surface area contributed by atoms with Crippen LogP contribution < -0.4 is 16.0 Å². The van der Waals surface area contributed by atoms with Gasteiger partial charge in [-0.3, -0.25) is 19.1 Å². The molecule has 48 heavy (non-hydrogen) atoms. The Morgan fingerprint density at radius 1 is 1.08 bits per heavy atom. The smallest absolute Gasteiger partial charge is 0.270 e. The van der Waals surface area contributed by atoms with Crippen molar-refractivity contribution < 1.29 is 19.1 Å². The highest BCUT2D eigenvalue weighted by Gasteiger charge is 2.51. The monoisotopic (exact) mass is 671 g/mol. The van der Waals surface area contributed by atoms with Crippen molar-refractivity contribution in [2.75, 3.05) is 20.3 Å². The third kappa shape index (κ3) is 5.77. The second-order valence-corrected chi connectivity index (χ2v) is 14.3. The summed E-state index contributed by atoms with van der Waals surface area (Å²) in [6.45, 7) is 2.88. The molecule has 3 fully saturated rings. The summed E-state index contributed by atoms with van der Waals surface area (Å²) in [6, 6.07) is 14.2. The summed E-state index contributed by atoms with van der Waals surface area (Å²) in [6.07, 6.45) is 6.95. The van der Waals surface area contributed by atoms with Gasteiger partial charge in [0.05, 0.1) is 29.1 Å². The number of imidazole rings is 1. The van der Waals surface area contributed by atoms with Gasteiger partial charge in [0.1, 0.15) is 17.6 Å². The number of benzene rings is 2. The summed E-state index contributed by atoms with van der Waals surface area (Å²) < 4.78 is 7.38. The first kappa shape index (κ1) is 32.3. The van der Waals surface area contributed by atoms with Gasteiger partial charge in [0.25, 0.3) is 5.91 Å². The molecule has 252 valence electrons.